The van der Waals surface area contributed by atoms with Crippen LogP contribution in [0.4, 0.5) is 8.78 Å². The van der Waals surface area contributed by atoms with Gasteiger partial charge in [-0.15, -0.1) is 0 Å². The summed E-state index contributed by atoms with van der Waals surface area (Å²) in [4.78, 5) is 24.5. The Bertz CT molecular complexity index is 838. The lowest BCUT2D eigenvalue weighted by Gasteiger charge is -2.14. The van der Waals surface area contributed by atoms with Gasteiger partial charge in [0.1, 0.15) is 5.56 Å². The van der Waals surface area contributed by atoms with Crippen LogP contribution < -0.4 is 5.43 Å². The maximum Gasteiger partial charge on any atom is 0.343 e. The van der Waals surface area contributed by atoms with Crippen LogP contribution in [0.15, 0.2) is 17.1 Å². The first-order valence-corrected chi connectivity index (χ1v) is 7.16. The van der Waals surface area contributed by atoms with E-state index in [1.165, 1.54) is 13.1 Å². The third-order valence-corrected chi connectivity index (χ3v) is 3.89. The van der Waals surface area contributed by atoms with Crippen LogP contribution in [0, 0.1) is 18.6 Å². The normalized spacial score (nSPS) is 14.4. The number of aryl methyl sites for hydroxylation is 1. The summed E-state index contributed by atoms with van der Waals surface area (Å²) in [5.41, 5.74) is -0.533. The lowest BCUT2D eigenvalue weighted by Crippen LogP contribution is -2.22. The van der Waals surface area contributed by atoms with Gasteiger partial charge in [0.05, 0.1) is 17.5 Å². The van der Waals surface area contributed by atoms with Gasteiger partial charge in [0.25, 0.3) is 0 Å². The molecule has 0 saturated heterocycles. The Morgan fingerprint density at radius 3 is 2.68 bits per heavy atom. The summed E-state index contributed by atoms with van der Waals surface area (Å²) < 4.78 is 34.1. The van der Waals surface area contributed by atoms with Gasteiger partial charge in [0, 0.05) is 23.9 Å². The summed E-state index contributed by atoms with van der Waals surface area (Å²) in [7, 11) is 0. The van der Waals surface area contributed by atoms with E-state index in [0.29, 0.717) is 5.52 Å². The van der Waals surface area contributed by atoms with E-state index in [1.807, 2.05) is 0 Å². The van der Waals surface area contributed by atoms with Crippen LogP contribution >= 0.6 is 0 Å². The number of pyridine rings is 1. The fraction of sp³-hybridized carbons (Fsp3) is 0.375. The first kappa shape index (κ1) is 14.7. The number of benzene rings is 1. The highest BCUT2D eigenvalue weighted by molar-refractivity contribution is 5.94. The topological polar surface area (TPSA) is 48.3 Å². The third-order valence-electron chi connectivity index (χ3n) is 3.89. The SMILES string of the molecule is CCOC(=O)c1cn(C2CC2)c2cc(F)c(F)c(C)c2c1=O. The van der Waals surface area contributed by atoms with E-state index in [1.54, 1.807) is 11.5 Å². The summed E-state index contributed by atoms with van der Waals surface area (Å²) in [6, 6.07) is 1.12. The molecular weight excluding hydrogens is 292 g/mol. The van der Waals surface area contributed by atoms with Gasteiger partial charge >= 0.3 is 5.97 Å². The number of esters is 1. The highest BCUT2D eigenvalue weighted by atomic mass is 19.2. The molecule has 0 amide bonds. The average molecular weight is 307 g/mol. The largest absolute Gasteiger partial charge is 0.462 e. The Balaban J connectivity index is 2.39. The van der Waals surface area contributed by atoms with E-state index >= 15 is 0 Å². The second-order valence-corrected chi connectivity index (χ2v) is 5.42. The minimum Gasteiger partial charge on any atom is -0.462 e. The maximum atomic E-state index is 13.8. The van der Waals surface area contributed by atoms with E-state index in [-0.39, 0.29) is 29.2 Å². The zero-order valence-electron chi connectivity index (χ0n) is 12.3. The number of hydrogen-bond acceptors (Lipinski definition) is 3. The molecule has 1 fully saturated rings. The summed E-state index contributed by atoms with van der Waals surface area (Å²) >= 11 is 0. The van der Waals surface area contributed by atoms with E-state index in [9.17, 15) is 18.4 Å². The van der Waals surface area contributed by atoms with Gasteiger partial charge in [-0.3, -0.25) is 4.79 Å². The van der Waals surface area contributed by atoms with Crippen LogP contribution in [0.25, 0.3) is 10.9 Å². The van der Waals surface area contributed by atoms with Crippen molar-refractivity contribution in [1.29, 1.82) is 0 Å². The third kappa shape index (κ3) is 2.19. The van der Waals surface area contributed by atoms with Crippen molar-refractivity contribution in [3.63, 3.8) is 0 Å². The molecule has 0 radical (unpaired) electrons. The zero-order valence-corrected chi connectivity index (χ0v) is 12.3. The van der Waals surface area contributed by atoms with Crippen molar-refractivity contribution in [1.82, 2.24) is 4.57 Å². The van der Waals surface area contributed by atoms with Crippen LogP contribution in [0.5, 0.6) is 0 Å². The minimum atomic E-state index is -1.06. The van der Waals surface area contributed by atoms with Gasteiger partial charge in [-0.1, -0.05) is 0 Å². The number of carbonyl (C=O) groups excluding carboxylic acids is 1. The van der Waals surface area contributed by atoms with Crippen molar-refractivity contribution < 1.29 is 18.3 Å². The first-order valence-electron chi connectivity index (χ1n) is 7.16. The predicted molar refractivity (Wildman–Crippen MR) is 77.1 cm³/mol. The second kappa shape index (κ2) is 5.19. The molecule has 1 saturated carbocycles. The van der Waals surface area contributed by atoms with Crippen molar-refractivity contribution in [2.24, 2.45) is 0 Å². The molecule has 0 N–H and O–H groups in total. The fourth-order valence-electron chi connectivity index (χ4n) is 2.64. The number of hydrogen-bond donors (Lipinski definition) is 0. The van der Waals surface area contributed by atoms with Gasteiger partial charge in [-0.05, 0) is 26.7 Å². The Hall–Kier alpha value is -2.24. The number of aromatic nitrogens is 1. The summed E-state index contributed by atoms with van der Waals surface area (Å²) in [5, 5.41) is 0.0383. The standard InChI is InChI=1S/C16H15F2NO3/c1-3-22-16(21)10-7-19(9-4-5-9)12-6-11(17)14(18)8(2)13(12)15(10)20/h6-7,9H,3-5H2,1-2H3. The molecule has 1 aliphatic carbocycles. The Labute approximate surface area is 125 Å². The summed E-state index contributed by atoms with van der Waals surface area (Å²) in [6.45, 7) is 3.11. The van der Waals surface area contributed by atoms with Gasteiger partial charge in [0.2, 0.25) is 5.43 Å². The molecule has 116 valence electrons. The van der Waals surface area contributed by atoms with E-state index in [2.05, 4.69) is 0 Å². The van der Waals surface area contributed by atoms with Crippen molar-refractivity contribution in [2.45, 2.75) is 32.7 Å². The molecule has 6 heteroatoms. The van der Waals surface area contributed by atoms with Crippen LogP contribution in [-0.4, -0.2) is 17.1 Å². The molecule has 3 rings (SSSR count). The Morgan fingerprint density at radius 2 is 2.09 bits per heavy atom. The smallest absolute Gasteiger partial charge is 0.343 e. The molecule has 0 unspecified atom stereocenters. The Morgan fingerprint density at radius 1 is 1.41 bits per heavy atom. The van der Waals surface area contributed by atoms with Crippen LogP contribution in [0.2, 0.25) is 0 Å². The van der Waals surface area contributed by atoms with Crippen LogP contribution in [0.1, 0.15) is 41.7 Å². The van der Waals surface area contributed by atoms with E-state index in [0.717, 1.165) is 18.9 Å². The van der Waals surface area contributed by atoms with Gasteiger partial charge in [-0.25, -0.2) is 13.6 Å². The molecule has 0 bridgehead atoms. The Kier molecular flexibility index (Phi) is 3.47. The quantitative estimate of drug-likeness (QED) is 0.819. The van der Waals surface area contributed by atoms with Gasteiger partial charge in [-0.2, -0.15) is 0 Å². The molecule has 4 nitrogen and oxygen atoms in total. The molecule has 1 aromatic carbocycles. The fourth-order valence-corrected chi connectivity index (χ4v) is 2.64. The van der Waals surface area contributed by atoms with Crippen LogP contribution in [-0.2, 0) is 4.74 Å². The molecule has 0 atom stereocenters. The van der Waals surface area contributed by atoms with Crippen molar-refractivity contribution in [2.75, 3.05) is 6.61 Å². The molecule has 1 aromatic heterocycles. The molecule has 22 heavy (non-hydrogen) atoms. The molecule has 0 spiro atoms. The highest BCUT2D eigenvalue weighted by Gasteiger charge is 2.28. The second-order valence-electron chi connectivity index (χ2n) is 5.42. The summed E-state index contributed by atoms with van der Waals surface area (Å²) in [5.74, 6) is -2.80. The number of ether oxygens (including phenoxy) is 1. The molecule has 1 aliphatic rings. The molecular formula is C16H15F2NO3. The minimum absolute atomic E-state index is 0.0383. The first-order chi connectivity index (χ1) is 10.5. The predicted octanol–water partition coefficient (Wildman–Crippen LogP) is 3.10. The molecule has 2 aromatic rings. The van der Waals surface area contributed by atoms with Crippen molar-refractivity contribution in [3.05, 3.63) is 45.2 Å². The number of halogens is 2. The van der Waals surface area contributed by atoms with Gasteiger partial charge < -0.3 is 9.30 Å². The monoisotopic (exact) mass is 307 g/mol. The molecule has 0 aliphatic heterocycles. The van der Waals surface area contributed by atoms with E-state index < -0.39 is 23.0 Å². The highest BCUT2D eigenvalue weighted by Crippen LogP contribution is 2.37. The number of rotatable bonds is 3. The van der Waals surface area contributed by atoms with Crippen molar-refractivity contribution in [3.8, 4) is 0 Å². The zero-order chi connectivity index (χ0) is 16.0. The van der Waals surface area contributed by atoms with E-state index in [4.69, 9.17) is 4.74 Å². The van der Waals surface area contributed by atoms with Crippen LogP contribution in [0.3, 0.4) is 0 Å². The number of fused-ring (bicyclic) bond motifs is 1. The maximum absolute atomic E-state index is 13.8. The lowest BCUT2D eigenvalue weighted by atomic mass is 10.0. The number of nitrogens with zero attached hydrogens (tertiary/aromatic N) is 1. The average Bonchev–Trinajstić information content (AvgIpc) is 3.29. The van der Waals surface area contributed by atoms with Gasteiger partial charge in [0.15, 0.2) is 11.6 Å². The molecule has 1 heterocycles. The van der Waals surface area contributed by atoms with Crippen molar-refractivity contribution >= 4 is 16.9 Å². The lowest BCUT2D eigenvalue weighted by molar-refractivity contribution is 0.0524. The number of carbonyl (C=O) groups is 1. The summed E-state index contributed by atoms with van der Waals surface area (Å²) in [6.07, 6.45) is 3.15.